The minimum Gasteiger partial charge on any atom is -0.396 e. The van der Waals surface area contributed by atoms with E-state index in [4.69, 9.17) is 22.4 Å². The minimum absolute atomic E-state index is 0.0626. The van der Waals surface area contributed by atoms with E-state index in [1.54, 1.807) is 0 Å². The predicted molar refractivity (Wildman–Crippen MR) is 76.9 cm³/mol. The number of nitrogens with zero attached hydrogens (tertiary/aromatic N) is 2. The molecule has 0 aliphatic carbocycles. The maximum atomic E-state index is 12.6. The number of aliphatic hydroxyl groups is 1. The molecule has 0 amide bonds. The molecular formula is C12H18ClN3O3S. The van der Waals surface area contributed by atoms with Crippen LogP contribution in [-0.4, -0.2) is 42.0 Å². The number of sulfonamides is 1. The average Bonchev–Trinajstić information content (AvgIpc) is 2.88. The lowest BCUT2D eigenvalue weighted by Crippen LogP contribution is -2.35. The summed E-state index contributed by atoms with van der Waals surface area (Å²) in [4.78, 5) is 3.87. The van der Waals surface area contributed by atoms with E-state index in [0.717, 1.165) is 12.8 Å². The van der Waals surface area contributed by atoms with E-state index in [2.05, 4.69) is 4.98 Å². The van der Waals surface area contributed by atoms with Gasteiger partial charge >= 0.3 is 0 Å². The number of pyridine rings is 1. The third-order valence-corrected chi connectivity index (χ3v) is 5.69. The molecule has 0 spiro atoms. The van der Waals surface area contributed by atoms with Gasteiger partial charge in [0.25, 0.3) is 0 Å². The standard InChI is InChI=1S/C12H18ClN3O3S/c13-11-7-10(8-15-12(11)14)20(18,19)16-5-1-3-9(16)4-2-6-17/h7-9,17H,1-6H2,(H2,14,15). The van der Waals surface area contributed by atoms with Crippen molar-refractivity contribution >= 4 is 27.4 Å². The van der Waals surface area contributed by atoms with Gasteiger partial charge in [-0.1, -0.05) is 11.6 Å². The van der Waals surface area contributed by atoms with Gasteiger partial charge in [-0.25, -0.2) is 13.4 Å². The molecule has 2 heterocycles. The summed E-state index contributed by atoms with van der Waals surface area (Å²) in [5, 5.41) is 9.03. The van der Waals surface area contributed by atoms with Gasteiger partial charge in [-0.05, 0) is 31.7 Å². The van der Waals surface area contributed by atoms with E-state index >= 15 is 0 Å². The monoisotopic (exact) mass is 319 g/mol. The number of hydrogen-bond acceptors (Lipinski definition) is 5. The van der Waals surface area contributed by atoms with Crippen LogP contribution in [0.3, 0.4) is 0 Å². The summed E-state index contributed by atoms with van der Waals surface area (Å²) in [5.74, 6) is 0.115. The molecule has 0 radical (unpaired) electrons. The molecule has 1 unspecified atom stereocenters. The Balaban J connectivity index is 2.26. The maximum absolute atomic E-state index is 12.6. The van der Waals surface area contributed by atoms with E-state index in [9.17, 15) is 8.42 Å². The second kappa shape index (κ2) is 6.26. The highest BCUT2D eigenvalue weighted by molar-refractivity contribution is 7.89. The lowest BCUT2D eigenvalue weighted by Gasteiger charge is -2.23. The largest absolute Gasteiger partial charge is 0.396 e. The lowest BCUT2D eigenvalue weighted by molar-refractivity contribution is 0.264. The smallest absolute Gasteiger partial charge is 0.244 e. The van der Waals surface area contributed by atoms with Crippen molar-refractivity contribution in [2.75, 3.05) is 18.9 Å². The average molecular weight is 320 g/mol. The van der Waals surface area contributed by atoms with Crippen LogP contribution in [0.15, 0.2) is 17.2 Å². The number of nitrogens with two attached hydrogens (primary N) is 1. The number of halogens is 1. The van der Waals surface area contributed by atoms with Crippen LogP contribution in [-0.2, 0) is 10.0 Å². The van der Waals surface area contributed by atoms with Crippen molar-refractivity contribution in [3.63, 3.8) is 0 Å². The Morgan fingerprint density at radius 2 is 2.30 bits per heavy atom. The fraction of sp³-hybridized carbons (Fsp3) is 0.583. The van der Waals surface area contributed by atoms with E-state index in [1.807, 2.05) is 0 Å². The zero-order chi connectivity index (χ0) is 14.8. The third-order valence-electron chi connectivity index (χ3n) is 3.47. The van der Waals surface area contributed by atoms with E-state index in [-0.39, 0.29) is 28.4 Å². The third kappa shape index (κ3) is 3.06. The molecule has 1 aliphatic heterocycles. The molecule has 20 heavy (non-hydrogen) atoms. The van der Waals surface area contributed by atoms with E-state index < -0.39 is 10.0 Å². The normalized spacial score (nSPS) is 20.4. The SMILES string of the molecule is Nc1ncc(S(=O)(=O)N2CCCC2CCCO)cc1Cl. The molecule has 6 nitrogen and oxygen atoms in total. The van der Waals surface area contributed by atoms with Crippen molar-refractivity contribution in [2.24, 2.45) is 0 Å². The number of anilines is 1. The van der Waals surface area contributed by atoms with Gasteiger partial charge in [0.1, 0.15) is 10.7 Å². The molecule has 0 aromatic carbocycles. The molecule has 1 aromatic rings. The highest BCUT2D eigenvalue weighted by Crippen LogP contribution is 2.30. The highest BCUT2D eigenvalue weighted by atomic mass is 35.5. The predicted octanol–water partition coefficient (Wildman–Crippen LogP) is 1.24. The first-order valence-corrected chi connectivity index (χ1v) is 8.32. The first kappa shape index (κ1) is 15.5. The van der Waals surface area contributed by atoms with Crippen LogP contribution >= 0.6 is 11.6 Å². The zero-order valence-electron chi connectivity index (χ0n) is 11.0. The Labute approximate surface area is 123 Å². The van der Waals surface area contributed by atoms with Gasteiger partial charge in [0.2, 0.25) is 10.0 Å². The van der Waals surface area contributed by atoms with Crippen molar-refractivity contribution in [2.45, 2.75) is 36.6 Å². The number of nitrogen functional groups attached to an aromatic ring is 1. The van der Waals surface area contributed by atoms with Gasteiger partial charge in [0.05, 0.1) is 5.02 Å². The molecule has 1 aromatic heterocycles. The van der Waals surface area contributed by atoms with Crippen LogP contribution in [0.25, 0.3) is 0 Å². The van der Waals surface area contributed by atoms with E-state index in [1.165, 1.54) is 16.6 Å². The van der Waals surface area contributed by atoms with Gasteiger partial charge in [0.15, 0.2) is 0 Å². The zero-order valence-corrected chi connectivity index (χ0v) is 12.6. The number of hydrogen-bond donors (Lipinski definition) is 2. The Morgan fingerprint density at radius 1 is 1.55 bits per heavy atom. The van der Waals surface area contributed by atoms with Gasteiger partial charge in [-0.3, -0.25) is 0 Å². The quantitative estimate of drug-likeness (QED) is 0.851. The maximum Gasteiger partial charge on any atom is 0.244 e. The molecule has 1 saturated heterocycles. The van der Waals surface area contributed by atoms with Crippen molar-refractivity contribution in [1.29, 1.82) is 0 Å². The highest BCUT2D eigenvalue weighted by Gasteiger charge is 2.35. The summed E-state index contributed by atoms with van der Waals surface area (Å²) in [5.41, 5.74) is 5.50. The van der Waals surface area contributed by atoms with Crippen LogP contribution < -0.4 is 5.73 Å². The topological polar surface area (TPSA) is 96.5 Å². The number of aromatic nitrogens is 1. The molecule has 3 N–H and O–H groups in total. The summed E-state index contributed by atoms with van der Waals surface area (Å²) in [6.07, 6.45) is 4.13. The summed E-state index contributed by atoms with van der Waals surface area (Å²) in [6.45, 7) is 0.556. The summed E-state index contributed by atoms with van der Waals surface area (Å²) in [7, 11) is -3.61. The first-order chi connectivity index (χ1) is 9.46. The molecule has 2 rings (SSSR count). The fourth-order valence-corrected chi connectivity index (χ4v) is 4.38. The molecule has 8 heteroatoms. The number of aliphatic hydroxyl groups excluding tert-OH is 1. The van der Waals surface area contributed by atoms with Crippen molar-refractivity contribution < 1.29 is 13.5 Å². The fourth-order valence-electron chi connectivity index (χ4n) is 2.45. The summed E-state index contributed by atoms with van der Waals surface area (Å²) < 4.78 is 26.7. The Kier molecular flexibility index (Phi) is 4.85. The molecule has 1 fully saturated rings. The Morgan fingerprint density at radius 3 is 2.95 bits per heavy atom. The first-order valence-electron chi connectivity index (χ1n) is 6.50. The van der Waals surface area contributed by atoms with Crippen molar-refractivity contribution in [1.82, 2.24) is 9.29 Å². The van der Waals surface area contributed by atoms with Crippen LogP contribution in [0.5, 0.6) is 0 Å². The van der Waals surface area contributed by atoms with Crippen molar-refractivity contribution in [3.05, 3.63) is 17.3 Å². The van der Waals surface area contributed by atoms with Gasteiger partial charge in [-0.2, -0.15) is 4.31 Å². The Bertz CT molecular complexity index is 579. The molecule has 0 saturated carbocycles. The Hall–Kier alpha value is -0.890. The second-order valence-electron chi connectivity index (χ2n) is 4.82. The van der Waals surface area contributed by atoms with Crippen LogP contribution in [0.2, 0.25) is 5.02 Å². The van der Waals surface area contributed by atoms with Crippen LogP contribution in [0.1, 0.15) is 25.7 Å². The van der Waals surface area contributed by atoms with Crippen LogP contribution in [0.4, 0.5) is 5.82 Å². The minimum atomic E-state index is -3.61. The van der Waals surface area contributed by atoms with Gasteiger partial charge < -0.3 is 10.8 Å². The molecular weight excluding hydrogens is 302 g/mol. The summed E-state index contributed by atoms with van der Waals surface area (Å²) >= 11 is 5.84. The molecule has 1 atom stereocenters. The molecule has 1 aliphatic rings. The second-order valence-corrected chi connectivity index (χ2v) is 7.11. The van der Waals surface area contributed by atoms with Crippen LogP contribution in [0, 0.1) is 0 Å². The lowest BCUT2D eigenvalue weighted by atomic mass is 10.1. The summed E-state index contributed by atoms with van der Waals surface area (Å²) in [6, 6.07) is 1.27. The molecule has 112 valence electrons. The number of rotatable bonds is 5. The molecule has 0 bridgehead atoms. The van der Waals surface area contributed by atoms with Gasteiger partial charge in [0, 0.05) is 25.4 Å². The van der Waals surface area contributed by atoms with E-state index in [0.29, 0.717) is 19.4 Å². The van der Waals surface area contributed by atoms with Gasteiger partial charge in [-0.15, -0.1) is 0 Å². The van der Waals surface area contributed by atoms with Crippen molar-refractivity contribution in [3.8, 4) is 0 Å².